The third-order valence-electron chi connectivity index (χ3n) is 6.20. The predicted octanol–water partition coefficient (Wildman–Crippen LogP) is 4.41. The summed E-state index contributed by atoms with van der Waals surface area (Å²) < 4.78 is 32.2. The van der Waals surface area contributed by atoms with Gasteiger partial charge < -0.3 is 15.4 Å². The Bertz CT molecular complexity index is 1180. The number of benzene rings is 3. The molecule has 0 spiro atoms. The zero-order valence-electron chi connectivity index (χ0n) is 18.4. The SMILES string of the molecule is COc1ccc(CC2(CCC(=O)NCc3cc(F)cc(F)c3)CCC(=O)N2)c2ccccc12. The van der Waals surface area contributed by atoms with E-state index >= 15 is 0 Å². The number of fused-ring (bicyclic) bond motifs is 1. The van der Waals surface area contributed by atoms with E-state index in [0.717, 1.165) is 28.2 Å². The molecular formula is C26H26F2N2O3. The van der Waals surface area contributed by atoms with Crippen molar-refractivity contribution in [1.29, 1.82) is 0 Å². The van der Waals surface area contributed by atoms with Crippen molar-refractivity contribution in [1.82, 2.24) is 10.6 Å². The summed E-state index contributed by atoms with van der Waals surface area (Å²) in [6, 6.07) is 15.1. The van der Waals surface area contributed by atoms with Crippen molar-refractivity contribution in [3.8, 4) is 5.75 Å². The van der Waals surface area contributed by atoms with Crippen LogP contribution in [-0.4, -0.2) is 24.5 Å². The van der Waals surface area contributed by atoms with Crippen molar-refractivity contribution in [3.63, 3.8) is 0 Å². The molecule has 3 aromatic carbocycles. The number of hydrogen-bond acceptors (Lipinski definition) is 3. The molecule has 33 heavy (non-hydrogen) atoms. The largest absolute Gasteiger partial charge is 0.496 e. The lowest BCUT2D eigenvalue weighted by atomic mass is 9.83. The predicted molar refractivity (Wildman–Crippen MR) is 122 cm³/mol. The lowest BCUT2D eigenvalue weighted by molar-refractivity contribution is -0.122. The lowest BCUT2D eigenvalue weighted by Gasteiger charge is -2.30. The third kappa shape index (κ3) is 5.30. The van der Waals surface area contributed by atoms with E-state index in [-0.39, 0.29) is 24.8 Å². The van der Waals surface area contributed by atoms with Crippen LogP contribution in [0.1, 0.15) is 36.8 Å². The van der Waals surface area contributed by atoms with Crippen LogP contribution >= 0.6 is 0 Å². The van der Waals surface area contributed by atoms with Crippen LogP contribution in [0.25, 0.3) is 10.8 Å². The van der Waals surface area contributed by atoms with Gasteiger partial charge in [-0.1, -0.05) is 30.3 Å². The van der Waals surface area contributed by atoms with E-state index in [1.54, 1.807) is 7.11 Å². The van der Waals surface area contributed by atoms with Gasteiger partial charge in [-0.3, -0.25) is 9.59 Å². The fourth-order valence-electron chi connectivity index (χ4n) is 4.57. The summed E-state index contributed by atoms with van der Waals surface area (Å²) in [6.45, 7) is 0.0377. The zero-order valence-corrected chi connectivity index (χ0v) is 18.4. The summed E-state index contributed by atoms with van der Waals surface area (Å²) in [6.07, 6.45) is 2.28. The van der Waals surface area contributed by atoms with Crippen molar-refractivity contribution in [3.05, 3.63) is 77.4 Å². The normalized spacial score (nSPS) is 17.7. The summed E-state index contributed by atoms with van der Waals surface area (Å²) in [7, 11) is 1.64. The van der Waals surface area contributed by atoms with Gasteiger partial charge in [0.1, 0.15) is 17.4 Å². The Labute approximate surface area is 191 Å². The summed E-state index contributed by atoms with van der Waals surface area (Å²) in [5, 5.41) is 7.86. The molecule has 7 heteroatoms. The van der Waals surface area contributed by atoms with E-state index in [4.69, 9.17) is 4.74 Å². The summed E-state index contributed by atoms with van der Waals surface area (Å²) in [5.41, 5.74) is 0.898. The molecule has 0 bridgehead atoms. The molecule has 0 radical (unpaired) electrons. The van der Waals surface area contributed by atoms with Crippen molar-refractivity contribution < 1.29 is 23.1 Å². The van der Waals surface area contributed by atoms with E-state index < -0.39 is 17.2 Å². The zero-order chi connectivity index (χ0) is 23.4. The van der Waals surface area contributed by atoms with Gasteiger partial charge in [-0.05, 0) is 54.0 Å². The van der Waals surface area contributed by atoms with Gasteiger partial charge in [-0.15, -0.1) is 0 Å². The molecule has 2 amide bonds. The van der Waals surface area contributed by atoms with Crippen LogP contribution in [0, 0.1) is 11.6 Å². The molecule has 1 saturated heterocycles. The molecule has 0 aromatic heterocycles. The van der Waals surface area contributed by atoms with E-state index in [0.29, 0.717) is 31.2 Å². The topological polar surface area (TPSA) is 67.4 Å². The first-order valence-electron chi connectivity index (χ1n) is 10.9. The quantitative estimate of drug-likeness (QED) is 0.532. The highest BCUT2D eigenvalue weighted by Crippen LogP contribution is 2.34. The Morgan fingerprint density at radius 2 is 1.82 bits per heavy atom. The van der Waals surface area contributed by atoms with Gasteiger partial charge in [0.25, 0.3) is 0 Å². The number of halogens is 2. The molecule has 3 aromatic rings. The Morgan fingerprint density at radius 3 is 2.48 bits per heavy atom. The summed E-state index contributed by atoms with van der Waals surface area (Å²) >= 11 is 0. The van der Waals surface area contributed by atoms with Crippen LogP contribution in [0.15, 0.2) is 54.6 Å². The first-order valence-corrected chi connectivity index (χ1v) is 10.9. The molecule has 0 aliphatic carbocycles. The number of amides is 2. The molecule has 172 valence electrons. The molecule has 1 fully saturated rings. The Hall–Kier alpha value is -3.48. The molecule has 1 heterocycles. The van der Waals surface area contributed by atoms with Gasteiger partial charge in [0.05, 0.1) is 7.11 Å². The van der Waals surface area contributed by atoms with Gasteiger partial charge >= 0.3 is 0 Å². The van der Waals surface area contributed by atoms with Gasteiger partial charge in [-0.25, -0.2) is 8.78 Å². The maximum absolute atomic E-state index is 13.4. The molecule has 2 N–H and O–H groups in total. The number of nitrogens with one attached hydrogen (secondary N) is 2. The first-order chi connectivity index (χ1) is 15.9. The smallest absolute Gasteiger partial charge is 0.220 e. The number of methoxy groups -OCH3 is 1. The van der Waals surface area contributed by atoms with E-state index in [1.807, 2.05) is 36.4 Å². The van der Waals surface area contributed by atoms with Crippen molar-refractivity contribution >= 4 is 22.6 Å². The second-order valence-electron chi connectivity index (χ2n) is 8.53. The standard InChI is InChI=1S/C26H26F2N2O3/c1-33-23-7-6-18(21-4-2-3-5-22(21)23)15-26(11-9-25(32)30-26)10-8-24(31)29-16-17-12-19(27)14-20(28)13-17/h2-7,12-14H,8-11,15-16H2,1H3,(H,29,31)(H,30,32). The van der Waals surface area contributed by atoms with Gasteiger partial charge in [0.15, 0.2) is 0 Å². The van der Waals surface area contributed by atoms with Crippen LogP contribution in [0.2, 0.25) is 0 Å². The highest BCUT2D eigenvalue weighted by atomic mass is 19.1. The van der Waals surface area contributed by atoms with Crippen LogP contribution in [0.4, 0.5) is 8.78 Å². The average Bonchev–Trinajstić information content (AvgIpc) is 3.16. The van der Waals surface area contributed by atoms with Crippen molar-refractivity contribution in [2.24, 2.45) is 0 Å². The minimum atomic E-state index is -0.682. The molecule has 1 aliphatic heterocycles. The molecule has 1 unspecified atom stereocenters. The van der Waals surface area contributed by atoms with E-state index in [1.165, 1.54) is 12.1 Å². The Balaban J connectivity index is 1.47. The Kier molecular flexibility index (Phi) is 6.58. The molecule has 5 nitrogen and oxygen atoms in total. The first kappa shape index (κ1) is 22.7. The van der Waals surface area contributed by atoms with Gasteiger partial charge in [0.2, 0.25) is 11.8 Å². The van der Waals surface area contributed by atoms with Crippen LogP contribution in [0.3, 0.4) is 0 Å². The number of hydrogen-bond donors (Lipinski definition) is 2. The highest BCUT2D eigenvalue weighted by molar-refractivity contribution is 5.91. The van der Waals surface area contributed by atoms with Crippen LogP contribution < -0.4 is 15.4 Å². The minimum absolute atomic E-state index is 0.0246. The highest BCUT2D eigenvalue weighted by Gasteiger charge is 2.38. The maximum atomic E-state index is 13.4. The average molecular weight is 453 g/mol. The fraction of sp³-hybridized carbons (Fsp3) is 0.308. The number of carbonyl (C=O) groups is 2. The van der Waals surface area contributed by atoms with Crippen LogP contribution in [0.5, 0.6) is 5.75 Å². The minimum Gasteiger partial charge on any atom is -0.496 e. The maximum Gasteiger partial charge on any atom is 0.220 e. The van der Waals surface area contributed by atoms with Crippen molar-refractivity contribution in [2.45, 2.75) is 44.2 Å². The van der Waals surface area contributed by atoms with E-state index in [2.05, 4.69) is 10.6 Å². The lowest BCUT2D eigenvalue weighted by Crippen LogP contribution is -2.44. The van der Waals surface area contributed by atoms with Crippen LogP contribution in [-0.2, 0) is 22.6 Å². The molecule has 1 aliphatic rings. The second kappa shape index (κ2) is 9.57. The number of rotatable bonds is 8. The van der Waals surface area contributed by atoms with Gasteiger partial charge in [-0.2, -0.15) is 0 Å². The van der Waals surface area contributed by atoms with Gasteiger partial charge in [0, 0.05) is 36.4 Å². The van der Waals surface area contributed by atoms with Crippen molar-refractivity contribution in [2.75, 3.05) is 7.11 Å². The molecule has 0 saturated carbocycles. The number of ether oxygens (including phenoxy) is 1. The fourth-order valence-corrected chi connectivity index (χ4v) is 4.57. The second-order valence-corrected chi connectivity index (χ2v) is 8.53. The third-order valence-corrected chi connectivity index (χ3v) is 6.20. The molecule has 1 atom stereocenters. The molecule has 4 rings (SSSR count). The number of carbonyl (C=O) groups excluding carboxylic acids is 2. The molecular weight excluding hydrogens is 426 g/mol. The summed E-state index contributed by atoms with van der Waals surface area (Å²) in [5.74, 6) is -0.840. The summed E-state index contributed by atoms with van der Waals surface area (Å²) in [4.78, 5) is 24.6. The Morgan fingerprint density at radius 1 is 1.09 bits per heavy atom. The monoisotopic (exact) mass is 452 g/mol. The van der Waals surface area contributed by atoms with E-state index in [9.17, 15) is 18.4 Å².